The average Bonchev–Trinajstić information content (AvgIpc) is 2.58. The molecule has 0 saturated carbocycles. The lowest BCUT2D eigenvalue weighted by Gasteiger charge is -2.26. The van der Waals surface area contributed by atoms with Crippen LogP contribution in [0.1, 0.15) is 0 Å². The molecule has 0 unspecified atom stereocenters. The molecule has 23 heavy (non-hydrogen) atoms. The van der Waals surface area contributed by atoms with Gasteiger partial charge in [0.2, 0.25) is 0 Å². The molecule has 4 atom stereocenters. The molecule has 0 fully saturated rings. The van der Waals surface area contributed by atoms with Crippen molar-refractivity contribution in [1.82, 2.24) is 0 Å². The summed E-state index contributed by atoms with van der Waals surface area (Å²) in [4.78, 5) is 22.6. The largest absolute Gasteiger partial charge is 0.450 e. The fourth-order valence-electron chi connectivity index (χ4n) is 1.71. The van der Waals surface area contributed by atoms with Gasteiger partial charge in [0.25, 0.3) is 0 Å². The van der Waals surface area contributed by atoms with E-state index in [0.717, 1.165) is 0 Å². The third kappa shape index (κ3) is 5.58. The van der Waals surface area contributed by atoms with E-state index in [-0.39, 0.29) is 6.29 Å². The van der Waals surface area contributed by atoms with Crippen LogP contribution < -0.4 is 5.06 Å². The molecule has 128 valence electrons. The minimum absolute atomic E-state index is 0.0696. The van der Waals surface area contributed by atoms with Crippen molar-refractivity contribution in [2.75, 3.05) is 18.2 Å². The van der Waals surface area contributed by atoms with E-state index in [1.807, 2.05) is 0 Å². The van der Waals surface area contributed by atoms with Crippen molar-refractivity contribution in [2.24, 2.45) is 0 Å². The number of hydrogen-bond acceptors (Lipinski definition) is 9. The molecule has 0 spiro atoms. The van der Waals surface area contributed by atoms with Gasteiger partial charge in [-0.2, -0.15) is 0 Å². The molecular formula is C14H19NO8. The van der Waals surface area contributed by atoms with E-state index in [2.05, 4.69) is 4.74 Å². The first-order valence-corrected chi connectivity index (χ1v) is 6.72. The van der Waals surface area contributed by atoms with Crippen molar-refractivity contribution in [1.29, 1.82) is 0 Å². The first-order chi connectivity index (χ1) is 10.9. The Hall–Kier alpha value is -2.04. The van der Waals surface area contributed by atoms with Crippen molar-refractivity contribution in [3.63, 3.8) is 0 Å². The van der Waals surface area contributed by atoms with E-state index in [1.54, 1.807) is 18.2 Å². The number of hydroxylamine groups is 1. The highest BCUT2D eigenvalue weighted by molar-refractivity contribution is 5.77. The number of aliphatic hydroxyl groups is 4. The number of ether oxygens (including phenoxy) is 1. The van der Waals surface area contributed by atoms with Crippen LogP contribution in [0, 0.1) is 0 Å². The third-order valence-corrected chi connectivity index (χ3v) is 3.00. The number of carbonyl (C=O) groups excluding carboxylic acids is 2. The van der Waals surface area contributed by atoms with Gasteiger partial charge in [-0.3, -0.25) is 14.8 Å². The molecule has 0 saturated heterocycles. The summed E-state index contributed by atoms with van der Waals surface area (Å²) >= 11 is 0. The molecule has 1 aromatic rings. The molecule has 0 aliphatic heterocycles. The zero-order valence-corrected chi connectivity index (χ0v) is 12.1. The summed E-state index contributed by atoms with van der Waals surface area (Å²) in [5.74, 6) is -1.04. The van der Waals surface area contributed by atoms with Crippen LogP contribution in [-0.4, -0.2) is 75.5 Å². The van der Waals surface area contributed by atoms with Gasteiger partial charge >= 0.3 is 5.97 Å². The number of benzene rings is 1. The topological polar surface area (TPSA) is 148 Å². The number of para-hydroxylation sites is 1. The zero-order valence-electron chi connectivity index (χ0n) is 12.1. The van der Waals surface area contributed by atoms with Gasteiger partial charge in [0.1, 0.15) is 24.9 Å². The first-order valence-electron chi connectivity index (χ1n) is 6.72. The highest BCUT2D eigenvalue weighted by Crippen LogP contribution is 2.12. The number of esters is 1. The second kappa shape index (κ2) is 9.18. The molecule has 1 aromatic carbocycles. The van der Waals surface area contributed by atoms with E-state index in [1.165, 1.54) is 12.1 Å². The Morgan fingerprint density at radius 2 is 1.78 bits per heavy atom. The van der Waals surface area contributed by atoms with Gasteiger partial charge < -0.3 is 25.2 Å². The number of anilines is 1. The van der Waals surface area contributed by atoms with E-state index >= 15 is 0 Å². The Morgan fingerprint density at radius 1 is 1.17 bits per heavy atom. The Labute approximate surface area is 131 Å². The number of aldehydes is 1. The Balaban J connectivity index is 2.61. The number of aliphatic hydroxyl groups excluding tert-OH is 4. The van der Waals surface area contributed by atoms with Gasteiger partial charge in [0, 0.05) is 0 Å². The molecule has 9 nitrogen and oxygen atoms in total. The molecule has 0 aromatic heterocycles. The third-order valence-electron chi connectivity index (χ3n) is 3.00. The summed E-state index contributed by atoms with van der Waals surface area (Å²) < 4.78 is 4.66. The molecule has 0 aliphatic carbocycles. The average molecular weight is 329 g/mol. The van der Waals surface area contributed by atoms with Crippen LogP contribution in [0.3, 0.4) is 0 Å². The summed E-state index contributed by atoms with van der Waals surface area (Å²) in [7, 11) is 0. The number of rotatable bonds is 9. The molecule has 0 heterocycles. The summed E-state index contributed by atoms with van der Waals surface area (Å²) in [5.41, 5.74) is 0.309. The molecule has 0 aliphatic rings. The molecule has 5 N–H and O–H groups in total. The Kier molecular flexibility index (Phi) is 7.59. The number of hydrogen-bond donors (Lipinski definition) is 5. The second-order valence-electron chi connectivity index (χ2n) is 4.71. The van der Waals surface area contributed by atoms with Gasteiger partial charge in [-0.1, -0.05) is 18.2 Å². The van der Waals surface area contributed by atoms with Gasteiger partial charge in [0.05, 0.1) is 12.3 Å². The fourth-order valence-corrected chi connectivity index (χ4v) is 1.71. The van der Waals surface area contributed by atoms with Crippen LogP contribution in [-0.2, 0) is 14.3 Å². The lowest BCUT2D eigenvalue weighted by atomic mass is 10.0. The quantitative estimate of drug-likeness (QED) is 0.198. The normalized spacial score (nSPS) is 16.0. The number of nitrogens with zero attached hydrogens (tertiary/aromatic N) is 1. The predicted octanol–water partition coefficient (Wildman–Crippen LogP) is -1.93. The summed E-state index contributed by atoms with van der Waals surface area (Å²) in [5, 5.41) is 47.3. The smallest absolute Gasteiger partial charge is 0.329 e. The molecule has 1 rings (SSSR count). The van der Waals surface area contributed by atoms with Crippen molar-refractivity contribution in [3.8, 4) is 0 Å². The maximum Gasteiger partial charge on any atom is 0.329 e. The minimum Gasteiger partial charge on any atom is -0.450 e. The monoisotopic (exact) mass is 329 g/mol. The van der Waals surface area contributed by atoms with Gasteiger partial charge in [-0.15, -0.1) is 0 Å². The van der Waals surface area contributed by atoms with Crippen LogP contribution in [0.4, 0.5) is 5.69 Å². The zero-order chi connectivity index (χ0) is 17.4. The molecule has 0 bridgehead atoms. The van der Waals surface area contributed by atoms with E-state index < -0.39 is 43.5 Å². The van der Waals surface area contributed by atoms with Crippen molar-refractivity contribution < 1.29 is 40.0 Å². The number of carbonyl (C=O) groups is 2. The van der Waals surface area contributed by atoms with E-state index in [0.29, 0.717) is 10.8 Å². The lowest BCUT2D eigenvalue weighted by Crippen LogP contribution is -2.48. The minimum atomic E-state index is -1.93. The summed E-state index contributed by atoms with van der Waals surface area (Å²) in [6.45, 7) is -1.48. The highest BCUT2D eigenvalue weighted by Gasteiger charge is 2.33. The van der Waals surface area contributed by atoms with Gasteiger partial charge in [0.15, 0.2) is 12.4 Å². The highest BCUT2D eigenvalue weighted by atomic mass is 16.6. The predicted molar refractivity (Wildman–Crippen MR) is 76.6 cm³/mol. The second-order valence-corrected chi connectivity index (χ2v) is 4.71. The maximum atomic E-state index is 11.7. The summed E-state index contributed by atoms with van der Waals surface area (Å²) in [6, 6.07) is 8.03. The Morgan fingerprint density at radius 3 is 2.30 bits per heavy atom. The Bertz CT molecular complexity index is 497. The molecule has 9 heteroatoms. The van der Waals surface area contributed by atoms with Crippen molar-refractivity contribution in [3.05, 3.63) is 30.3 Å². The van der Waals surface area contributed by atoms with Crippen LogP contribution in [0.5, 0.6) is 0 Å². The van der Waals surface area contributed by atoms with Gasteiger partial charge in [-0.25, -0.2) is 5.06 Å². The van der Waals surface area contributed by atoms with Crippen LogP contribution in [0.25, 0.3) is 0 Å². The SMILES string of the molecule is O=C[C@@H](OC(=O)CN(O)c1ccccc1)[C@@H](O)[C@H](O)[C@H](O)CO. The van der Waals surface area contributed by atoms with E-state index in [9.17, 15) is 30.1 Å². The van der Waals surface area contributed by atoms with Crippen LogP contribution in [0.2, 0.25) is 0 Å². The fraction of sp³-hybridized carbons (Fsp3) is 0.429. The molecule has 0 amide bonds. The van der Waals surface area contributed by atoms with Gasteiger partial charge in [-0.05, 0) is 12.1 Å². The standard InChI is InChI=1S/C14H19NO8/c16-7-10(18)13(20)14(21)11(8-17)23-12(19)6-15(22)9-4-2-1-3-5-9/h1-5,8,10-11,13-14,16,18,20-22H,6-7H2/t10-,11-,13-,14-/m1/s1. The molecule has 0 radical (unpaired) electrons. The summed E-state index contributed by atoms with van der Waals surface area (Å²) in [6.07, 6.45) is -7.21. The first kappa shape index (κ1) is 19.0. The molecular weight excluding hydrogens is 310 g/mol. The van der Waals surface area contributed by atoms with Crippen molar-refractivity contribution >= 4 is 17.9 Å². The van der Waals surface area contributed by atoms with Crippen LogP contribution >= 0.6 is 0 Å². The lowest BCUT2D eigenvalue weighted by molar-refractivity contribution is -0.167. The van der Waals surface area contributed by atoms with E-state index in [4.69, 9.17) is 5.11 Å². The van der Waals surface area contributed by atoms with Crippen LogP contribution in [0.15, 0.2) is 30.3 Å². The maximum absolute atomic E-state index is 11.7. The van der Waals surface area contributed by atoms with Crippen molar-refractivity contribution in [2.45, 2.75) is 24.4 Å².